The van der Waals surface area contributed by atoms with E-state index in [-0.39, 0.29) is 17.9 Å². The highest BCUT2D eigenvalue weighted by atomic mass is 35.5. The lowest BCUT2D eigenvalue weighted by molar-refractivity contribution is -0.138. The van der Waals surface area contributed by atoms with Gasteiger partial charge in [-0.05, 0) is 24.1 Å². The molecule has 0 fully saturated rings. The first-order chi connectivity index (χ1) is 7.41. The number of hydrogen-bond donors (Lipinski definition) is 2. The van der Waals surface area contributed by atoms with Crippen LogP contribution in [-0.2, 0) is 4.79 Å². The number of carbonyl (C=O) groups is 1. The van der Waals surface area contributed by atoms with E-state index in [1.165, 1.54) is 18.2 Å². The van der Waals surface area contributed by atoms with Crippen LogP contribution in [0.5, 0.6) is 0 Å². The van der Waals surface area contributed by atoms with E-state index in [9.17, 15) is 9.18 Å². The van der Waals surface area contributed by atoms with Gasteiger partial charge in [0, 0.05) is 23.0 Å². The Balaban J connectivity index is 2.90. The third-order valence-electron chi connectivity index (χ3n) is 2.43. The molecule has 16 heavy (non-hydrogen) atoms. The summed E-state index contributed by atoms with van der Waals surface area (Å²) in [6, 6.07) is 3.41. The highest BCUT2D eigenvalue weighted by Gasteiger charge is 2.20. The summed E-state index contributed by atoms with van der Waals surface area (Å²) in [7, 11) is 0. The molecule has 0 radical (unpaired) electrons. The molecule has 5 heteroatoms. The molecule has 0 bridgehead atoms. The summed E-state index contributed by atoms with van der Waals surface area (Å²) in [4.78, 5) is 10.5. The van der Waals surface area contributed by atoms with Gasteiger partial charge in [0.15, 0.2) is 0 Å². The van der Waals surface area contributed by atoms with Crippen LogP contribution in [0.25, 0.3) is 0 Å². The third-order valence-corrected chi connectivity index (χ3v) is 2.66. The van der Waals surface area contributed by atoms with Crippen LogP contribution >= 0.6 is 11.6 Å². The Hall–Kier alpha value is -1.13. The monoisotopic (exact) mass is 245 g/mol. The van der Waals surface area contributed by atoms with Gasteiger partial charge in [-0.25, -0.2) is 4.39 Å². The number of halogens is 2. The van der Waals surface area contributed by atoms with Gasteiger partial charge in [0.2, 0.25) is 0 Å². The third kappa shape index (κ3) is 3.18. The Morgan fingerprint density at radius 3 is 2.81 bits per heavy atom. The van der Waals surface area contributed by atoms with Crippen molar-refractivity contribution in [3.8, 4) is 0 Å². The van der Waals surface area contributed by atoms with Gasteiger partial charge < -0.3 is 10.8 Å². The summed E-state index contributed by atoms with van der Waals surface area (Å²) >= 11 is 5.73. The van der Waals surface area contributed by atoms with Crippen LogP contribution in [-0.4, -0.2) is 11.1 Å². The second-order valence-electron chi connectivity index (χ2n) is 3.77. The molecule has 3 nitrogen and oxygen atoms in total. The lowest BCUT2D eigenvalue weighted by Gasteiger charge is -2.19. The summed E-state index contributed by atoms with van der Waals surface area (Å²) in [5, 5.41) is 9.01. The van der Waals surface area contributed by atoms with E-state index in [0.29, 0.717) is 5.02 Å². The number of rotatable bonds is 4. The minimum absolute atomic E-state index is 0.104. The Morgan fingerprint density at radius 2 is 2.25 bits per heavy atom. The molecule has 1 aromatic carbocycles. The highest BCUT2D eigenvalue weighted by molar-refractivity contribution is 6.30. The molecule has 0 saturated heterocycles. The van der Waals surface area contributed by atoms with E-state index in [2.05, 4.69) is 0 Å². The van der Waals surface area contributed by atoms with Crippen LogP contribution in [0.2, 0.25) is 5.02 Å². The van der Waals surface area contributed by atoms with Crippen LogP contribution < -0.4 is 5.73 Å². The first kappa shape index (κ1) is 12.9. The zero-order chi connectivity index (χ0) is 12.3. The van der Waals surface area contributed by atoms with Crippen molar-refractivity contribution in [3.63, 3.8) is 0 Å². The molecular weight excluding hydrogens is 233 g/mol. The largest absolute Gasteiger partial charge is 0.481 e. The fourth-order valence-corrected chi connectivity index (χ4v) is 1.66. The summed E-state index contributed by atoms with van der Waals surface area (Å²) in [6.45, 7) is 1.67. The first-order valence-corrected chi connectivity index (χ1v) is 5.22. The molecule has 2 unspecified atom stereocenters. The van der Waals surface area contributed by atoms with Gasteiger partial charge in [-0.1, -0.05) is 18.5 Å². The predicted molar refractivity (Wildman–Crippen MR) is 59.8 cm³/mol. The second-order valence-corrected chi connectivity index (χ2v) is 4.20. The van der Waals surface area contributed by atoms with Crippen molar-refractivity contribution in [2.24, 2.45) is 11.7 Å². The first-order valence-electron chi connectivity index (χ1n) is 4.84. The maximum Gasteiger partial charge on any atom is 0.303 e. The number of benzene rings is 1. The van der Waals surface area contributed by atoms with Crippen LogP contribution in [0.3, 0.4) is 0 Å². The average molecular weight is 246 g/mol. The Kier molecular flexibility index (Phi) is 4.26. The van der Waals surface area contributed by atoms with Crippen LogP contribution in [0, 0.1) is 11.7 Å². The molecule has 1 aromatic rings. The molecule has 0 spiro atoms. The minimum atomic E-state index is -0.953. The maximum absolute atomic E-state index is 13.4. The smallest absolute Gasteiger partial charge is 0.303 e. The van der Waals surface area contributed by atoms with Crippen molar-refractivity contribution >= 4 is 17.6 Å². The van der Waals surface area contributed by atoms with Crippen molar-refractivity contribution in [2.45, 2.75) is 19.4 Å². The molecule has 0 heterocycles. The van der Waals surface area contributed by atoms with Crippen molar-refractivity contribution in [2.75, 3.05) is 0 Å². The molecule has 0 amide bonds. The zero-order valence-electron chi connectivity index (χ0n) is 8.78. The average Bonchev–Trinajstić information content (AvgIpc) is 2.19. The molecule has 0 aromatic heterocycles. The number of carboxylic acid groups (broad SMARTS) is 1. The molecule has 0 aliphatic carbocycles. The number of nitrogens with two attached hydrogens (primary N) is 1. The van der Waals surface area contributed by atoms with Gasteiger partial charge in [-0.2, -0.15) is 0 Å². The van der Waals surface area contributed by atoms with E-state index in [1.54, 1.807) is 6.92 Å². The highest BCUT2D eigenvalue weighted by Crippen LogP contribution is 2.26. The molecule has 0 aliphatic heterocycles. The SMILES string of the molecule is CC(CC(=O)O)C(N)c1cc(Cl)ccc1F. The Labute approximate surface area is 98.0 Å². The van der Waals surface area contributed by atoms with Gasteiger partial charge in [0.1, 0.15) is 5.82 Å². The molecule has 0 aliphatic rings. The van der Waals surface area contributed by atoms with E-state index in [0.717, 1.165) is 0 Å². The zero-order valence-corrected chi connectivity index (χ0v) is 9.54. The lowest BCUT2D eigenvalue weighted by atomic mass is 9.92. The molecule has 88 valence electrons. The van der Waals surface area contributed by atoms with Gasteiger partial charge in [-0.3, -0.25) is 4.79 Å². The standard InChI is InChI=1S/C11H13ClFNO2/c1-6(4-10(15)16)11(14)8-5-7(12)2-3-9(8)13/h2-3,5-6,11H,4,14H2,1H3,(H,15,16). The van der Waals surface area contributed by atoms with E-state index in [4.69, 9.17) is 22.4 Å². The summed E-state index contributed by atoms with van der Waals surface area (Å²) in [5.74, 6) is -1.77. The fourth-order valence-electron chi connectivity index (χ4n) is 1.48. The Bertz CT molecular complexity index is 398. The van der Waals surface area contributed by atoms with E-state index < -0.39 is 17.8 Å². The lowest BCUT2D eigenvalue weighted by Crippen LogP contribution is -2.22. The number of hydrogen-bond acceptors (Lipinski definition) is 2. The second kappa shape index (κ2) is 5.27. The summed E-state index contributed by atoms with van der Waals surface area (Å²) in [5.41, 5.74) is 6.05. The van der Waals surface area contributed by atoms with Crippen molar-refractivity contribution in [1.29, 1.82) is 0 Å². The fraction of sp³-hybridized carbons (Fsp3) is 0.364. The predicted octanol–water partition coefficient (Wildman–Crippen LogP) is 2.59. The molecule has 1 rings (SSSR count). The quantitative estimate of drug-likeness (QED) is 0.857. The topological polar surface area (TPSA) is 63.3 Å². The van der Waals surface area contributed by atoms with Gasteiger partial charge in [-0.15, -0.1) is 0 Å². The van der Waals surface area contributed by atoms with Gasteiger partial charge >= 0.3 is 5.97 Å². The number of carboxylic acids is 1. The van der Waals surface area contributed by atoms with Crippen LogP contribution in [0.1, 0.15) is 24.9 Å². The molecule has 3 N–H and O–H groups in total. The van der Waals surface area contributed by atoms with E-state index in [1.807, 2.05) is 0 Å². The molecule has 0 saturated carbocycles. The van der Waals surface area contributed by atoms with Crippen molar-refractivity contribution in [1.82, 2.24) is 0 Å². The van der Waals surface area contributed by atoms with Crippen LogP contribution in [0.4, 0.5) is 4.39 Å². The van der Waals surface area contributed by atoms with Gasteiger partial charge in [0.05, 0.1) is 0 Å². The van der Waals surface area contributed by atoms with Gasteiger partial charge in [0.25, 0.3) is 0 Å². The normalized spacial score (nSPS) is 14.5. The maximum atomic E-state index is 13.4. The molecule has 2 atom stereocenters. The minimum Gasteiger partial charge on any atom is -0.481 e. The number of aliphatic carboxylic acids is 1. The molecular formula is C11H13ClFNO2. The Morgan fingerprint density at radius 1 is 1.62 bits per heavy atom. The van der Waals surface area contributed by atoms with E-state index >= 15 is 0 Å². The van der Waals surface area contributed by atoms with Crippen LogP contribution in [0.15, 0.2) is 18.2 Å². The van der Waals surface area contributed by atoms with Crippen molar-refractivity contribution in [3.05, 3.63) is 34.6 Å². The summed E-state index contributed by atoms with van der Waals surface area (Å²) in [6.07, 6.45) is -0.104. The summed E-state index contributed by atoms with van der Waals surface area (Å²) < 4.78 is 13.4. The van der Waals surface area contributed by atoms with Crippen molar-refractivity contribution < 1.29 is 14.3 Å².